The van der Waals surface area contributed by atoms with Crippen molar-refractivity contribution in [3.05, 3.63) is 11.6 Å². The summed E-state index contributed by atoms with van der Waals surface area (Å²) in [6.45, 7) is 3.11. The van der Waals surface area contributed by atoms with Crippen LogP contribution < -0.4 is 0 Å². The van der Waals surface area contributed by atoms with Crippen LogP contribution in [0.1, 0.15) is 20.3 Å². The van der Waals surface area contributed by atoms with Gasteiger partial charge in [-0.15, -0.1) is 0 Å². The maximum atomic E-state index is 12.8. The van der Waals surface area contributed by atoms with Crippen molar-refractivity contribution in [2.75, 3.05) is 11.5 Å². The van der Waals surface area contributed by atoms with Crippen molar-refractivity contribution in [3.8, 4) is 0 Å². The highest BCUT2D eigenvalue weighted by Gasteiger charge is 2.59. The fourth-order valence-corrected chi connectivity index (χ4v) is 1.51. The average molecular weight is 248 g/mol. The van der Waals surface area contributed by atoms with Crippen molar-refractivity contribution in [1.82, 2.24) is 0 Å². The van der Waals surface area contributed by atoms with Crippen LogP contribution in [0.25, 0.3) is 0 Å². The Bertz CT molecular complexity index is 219. The van der Waals surface area contributed by atoms with Crippen molar-refractivity contribution in [2.45, 2.75) is 32.4 Å². The Balaban J connectivity index is 4.72. The van der Waals surface area contributed by atoms with Crippen LogP contribution >= 0.6 is 11.8 Å². The van der Waals surface area contributed by atoms with Crippen molar-refractivity contribution in [3.63, 3.8) is 0 Å². The minimum atomic E-state index is -5.49. The SMILES string of the molecule is CCSCC=C(CC)C(F)(F)C(F)(F)F. The van der Waals surface area contributed by atoms with Crippen LogP contribution in [-0.4, -0.2) is 23.6 Å². The number of hydrogen-bond donors (Lipinski definition) is 0. The molecule has 6 heteroatoms. The Labute approximate surface area is 89.9 Å². The van der Waals surface area contributed by atoms with Gasteiger partial charge in [0.25, 0.3) is 0 Å². The third-order valence-electron chi connectivity index (χ3n) is 1.79. The molecule has 0 saturated heterocycles. The topological polar surface area (TPSA) is 0 Å². The summed E-state index contributed by atoms with van der Waals surface area (Å²) in [5.74, 6) is -3.83. The average Bonchev–Trinajstić information content (AvgIpc) is 2.10. The summed E-state index contributed by atoms with van der Waals surface area (Å²) in [5.41, 5.74) is -0.851. The fourth-order valence-electron chi connectivity index (χ4n) is 0.954. The van der Waals surface area contributed by atoms with Gasteiger partial charge in [0.1, 0.15) is 0 Å². The summed E-state index contributed by atoms with van der Waals surface area (Å²) in [4.78, 5) is 0. The molecule has 0 saturated carbocycles. The summed E-state index contributed by atoms with van der Waals surface area (Å²) in [5, 5.41) is 0. The molecule has 15 heavy (non-hydrogen) atoms. The third-order valence-corrected chi connectivity index (χ3v) is 2.60. The summed E-state index contributed by atoms with van der Waals surface area (Å²) >= 11 is 1.30. The smallest absolute Gasteiger partial charge is 0.191 e. The van der Waals surface area contributed by atoms with Crippen LogP contribution in [0, 0.1) is 0 Å². The van der Waals surface area contributed by atoms with E-state index in [1.807, 2.05) is 6.92 Å². The number of allylic oxidation sites excluding steroid dienone is 1. The lowest BCUT2D eigenvalue weighted by atomic mass is 10.1. The van der Waals surface area contributed by atoms with E-state index >= 15 is 0 Å². The molecule has 0 amide bonds. The number of rotatable bonds is 5. The van der Waals surface area contributed by atoms with E-state index in [0.29, 0.717) is 5.75 Å². The lowest BCUT2D eigenvalue weighted by molar-refractivity contribution is -0.265. The molecule has 0 unspecified atom stereocenters. The first-order valence-corrected chi connectivity index (χ1v) is 5.64. The van der Waals surface area contributed by atoms with Crippen molar-refractivity contribution < 1.29 is 22.0 Å². The molecule has 0 aliphatic rings. The van der Waals surface area contributed by atoms with Gasteiger partial charge in [-0.25, -0.2) is 0 Å². The van der Waals surface area contributed by atoms with Gasteiger partial charge in [0.15, 0.2) is 0 Å². The van der Waals surface area contributed by atoms with E-state index in [1.54, 1.807) is 0 Å². The Morgan fingerprint density at radius 1 is 1.13 bits per heavy atom. The molecule has 0 aliphatic carbocycles. The molecule has 0 fully saturated rings. The Kier molecular flexibility index (Phi) is 5.62. The highest BCUT2D eigenvalue weighted by molar-refractivity contribution is 7.99. The minimum absolute atomic E-state index is 0.186. The van der Waals surface area contributed by atoms with Gasteiger partial charge in [0.05, 0.1) is 0 Å². The minimum Gasteiger partial charge on any atom is -0.191 e. The molecule has 0 aromatic rings. The molecular formula is C9H13F5S. The van der Waals surface area contributed by atoms with Crippen LogP contribution in [0.5, 0.6) is 0 Å². The standard InChI is InChI=1S/C9H13F5S/c1-3-7(5-6-15-4-2)8(10,11)9(12,13)14/h5H,3-4,6H2,1-2H3. The van der Waals surface area contributed by atoms with Gasteiger partial charge in [-0.1, -0.05) is 19.9 Å². The number of alkyl halides is 5. The quantitative estimate of drug-likeness (QED) is 0.397. The maximum absolute atomic E-state index is 12.8. The van der Waals surface area contributed by atoms with Gasteiger partial charge < -0.3 is 0 Å². The molecule has 0 rings (SSSR count). The van der Waals surface area contributed by atoms with Crippen LogP contribution in [0.2, 0.25) is 0 Å². The van der Waals surface area contributed by atoms with E-state index < -0.39 is 17.7 Å². The molecule has 0 spiro atoms. The molecule has 0 aromatic heterocycles. The largest absolute Gasteiger partial charge is 0.457 e. The third kappa shape index (κ3) is 4.01. The van der Waals surface area contributed by atoms with Crippen LogP contribution in [-0.2, 0) is 0 Å². The molecule has 0 heterocycles. The van der Waals surface area contributed by atoms with E-state index in [4.69, 9.17) is 0 Å². The number of thioether (sulfide) groups is 1. The van der Waals surface area contributed by atoms with Gasteiger partial charge in [-0.05, 0) is 12.2 Å². The Hall–Kier alpha value is -0.260. The molecule has 0 N–H and O–H groups in total. The zero-order valence-electron chi connectivity index (χ0n) is 8.50. The molecular weight excluding hydrogens is 235 g/mol. The second-order valence-corrected chi connectivity index (χ2v) is 4.13. The molecule has 90 valence electrons. The van der Waals surface area contributed by atoms with Crippen molar-refractivity contribution in [1.29, 1.82) is 0 Å². The Morgan fingerprint density at radius 3 is 2.00 bits per heavy atom. The van der Waals surface area contributed by atoms with Crippen LogP contribution in [0.3, 0.4) is 0 Å². The molecule has 0 aromatic carbocycles. The monoisotopic (exact) mass is 248 g/mol. The predicted molar refractivity (Wildman–Crippen MR) is 52.4 cm³/mol. The van der Waals surface area contributed by atoms with E-state index in [-0.39, 0.29) is 12.2 Å². The Morgan fingerprint density at radius 2 is 1.67 bits per heavy atom. The first-order chi connectivity index (χ1) is 6.77. The van der Waals surface area contributed by atoms with Gasteiger partial charge in [0, 0.05) is 11.3 Å². The highest BCUT2D eigenvalue weighted by Crippen LogP contribution is 2.42. The number of halogens is 5. The first-order valence-electron chi connectivity index (χ1n) is 4.49. The van der Waals surface area contributed by atoms with Gasteiger partial charge in [-0.2, -0.15) is 33.7 Å². The normalized spacial score (nSPS) is 14.5. The lowest BCUT2D eigenvalue weighted by Crippen LogP contribution is -2.38. The maximum Gasteiger partial charge on any atom is 0.457 e. The molecule has 0 aliphatic heterocycles. The lowest BCUT2D eigenvalue weighted by Gasteiger charge is -2.21. The highest BCUT2D eigenvalue weighted by atomic mass is 32.2. The van der Waals surface area contributed by atoms with Gasteiger partial charge in [0.2, 0.25) is 0 Å². The zero-order valence-corrected chi connectivity index (χ0v) is 9.31. The van der Waals surface area contributed by atoms with E-state index in [0.717, 1.165) is 6.08 Å². The van der Waals surface area contributed by atoms with Crippen molar-refractivity contribution in [2.24, 2.45) is 0 Å². The summed E-state index contributed by atoms with van der Waals surface area (Å²) in [7, 11) is 0. The molecule has 0 nitrogen and oxygen atoms in total. The molecule has 0 atom stereocenters. The fraction of sp³-hybridized carbons (Fsp3) is 0.778. The predicted octanol–water partition coefficient (Wildman–Crippen LogP) is 4.27. The first kappa shape index (κ1) is 14.7. The van der Waals surface area contributed by atoms with E-state index in [1.165, 1.54) is 18.7 Å². The summed E-state index contributed by atoms with van der Waals surface area (Å²) in [6.07, 6.45) is -4.82. The van der Waals surface area contributed by atoms with Crippen molar-refractivity contribution >= 4 is 11.8 Å². The van der Waals surface area contributed by atoms with E-state index in [9.17, 15) is 22.0 Å². The zero-order chi connectivity index (χ0) is 12.1. The van der Waals surface area contributed by atoms with Gasteiger partial charge >= 0.3 is 12.1 Å². The van der Waals surface area contributed by atoms with Crippen LogP contribution in [0.15, 0.2) is 11.6 Å². The van der Waals surface area contributed by atoms with Crippen LogP contribution in [0.4, 0.5) is 22.0 Å². The van der Waals surface area contributed by atoms with Gasteiger partial charge in [-0.3, -0.25) is 0 Å². The second-order valence-electron chi connectivity index (χ2n) is 2.81. The summed E-state index contributed by atoms with van der Waals surface area (Å²) in [6, 6.07) is 0. The second kappa shape index (κ2) is 5.72. The van der Waals surface area contributed by atoms with E-state index in [2.05, 4.69) is 0 Å². The molecule has 0 bridgehead atoms. The summed E-state index contributed by atoms with van der Waals surface area (Å²) < 4.78 is 61.6. The number of hydrogen-bond acceptors (Lipinski definition) is 1. The molecule has 0 radical (unpaired) electrons.